The number of carbonyl (C=O) groups excluding carboxylic acids is 1. The van der Waals surface area contributed by atoms with E-state index >= 15 is 0 Å². The van der Waals surface area contributed by atoms with E-state index in [-0.39, 0.29) is 17.6 Å². The Labute approximate surface area is 136 Å². The number of aromatic nitrogens is 2. The minimum Gasteiger partial charge on any atom is -0.335 e. The van der Waals surface area contributed by atoms with Crippen LogP contribution in [-0.4, -0.2) is 58.1 Å². The highest BCUT2D eigenvalue weighted by Gasteiger charge is 2.30. The Morgan fingerprint density at radius 1 is 1.39 bits per heavy atom. The second-order valence-corrected chi connectivity index (χ2v) is 6.83. The molecule has 2 amide bonds. The van der Waals surface area contributed by atoms with Crippen LogP contribution in [0.25, 0.3) is 0 Å². The van der Waals surface area contributed by atoms with Crippen molar-refractivity contribution < 1.29 is 4.79 Å². The number of aryl methyl sites for hydroxylation is 1. The van der Waals surface area contributed by atoms with E-state index in [4.69, 9.17) is 0 Å². The molecular weight excluding hydrogens is 294 g/mol. The molecule has 7 heteroatoms. The number of nitrogens with zero attached hydrogens (tertiary/aromatic N) is 4. The zero-order valence-corrected chi connectivity index (χ0v) is 14.1. The topological polar surface area (TPSA) is 70.5 Å². The number of rotatable bonds is 2. The van der Waals surface area contributed by atoms with E-state index in [0.717, 1.165) is 30.5 Å². The Bertz CT molecular complexity index is 654. The second-order valence-electron chi connectivity index (χ2n) is 6.83. The molecule has 0 unspecified atom stereocenters. The van der Waals surface area contributed by atoms with Gasteiger partial charge in [-0.1, -0.05) is 0 Å². The van der Waals surface area contributed by atoms with Gasteiger partial charge in [-0.15, -0.1) is 0 Å². The minimum atomic E-state index is -0.0393. The number of fused-ring (bicyclic) bond motifs is 1. The lowest BCUT2D eigenvalue weighted by Gasteiger charge is -2.29. The lowest BCUT2D eigenvalue weighted by Crippen LogP contribution is -2.47. The van der Waals surface area contributed by atoms with Gasteiger partial charge in [0.2, 0.25) is 0 Å². The molecule has 126 valence electrons. The normalized spacial score (nSPS) is 23.9. The number of hydrogen-bond donors (Lipinski definition) is 1. The zero-order valence-electron chi connectivity index (χ0n) is 14.1. The van der Waals surface area contributed by atoms with E-state index in [1.54, 1.807) is 11.9 Å². The number of carbonyl (C=O) groups is 1. The van der Waals surface area contributed by atoms with Crippen LogP contribution >= 0.6 is 0 Å². The highest BCUT2D eigenvalue weighted by Crippen LogP contribution is 2.23. The first-order valence-electron chi connectivity index (χ1n) is 8.21. The van der Waals surface area contributed by atoms with Crippen molar-refractivity contribution in [1.29, 1.82) is 0 Å². The molecule has 3 rings (SSSR count). The fraction of sp³-hybridized carbons (Fsp3) is 0.688. The predicted molar refractivity (Wildman–Crippen MR) is 87.2 cm³/mol. The fourth-order valence-electron chi connectivity index (χ4n) is 3.51. The van der Waals surface area contributed by atoms with Gasteiger partial charge in [-0.2, -0.15) is 0 Å². The largest absolute Gasteiger partial charge is 0.335 e. The highest BCUT2D eigenvalue weighted by molar-refractivity contribution is 5.74. The average Bonchev–Trinajstić information content (AvgIpc) is 2.99. The summed E-state index contributed by atoms with van der Waals surface area (Å²) in [7, 11) is 5.88. The van der Waals surface area contributed by atoms with E-state index in [2.05, 4.69) is 29.3 Å². The van der Waals surface area contributed by atoms with Crippen molar-refractivity contribution in [2.24, 2.45) is 7.05 Å². The van der Waals surface area contributed by atoms with Crippen LogP contribution in [0.5, 0.6) is 0 Å². The predicted octanol–water partition coefficient (Wildman–Crippen LogP) is 0.331. The van der Waals surface area contributed by atoms with Crippen LogP contribution in [0.15, 0.2) is 11.1 Å². The maximum Gasteiger partial charge on any atom is 0.317 e. The molecule has 0 bridgehead atoms. The first-order valence-corrected chi connectivity index (χ1v) is 8.21. The zero-order chi connectivity index (χ0) is 16.6. The van der Waals surface area contributed by atoms with Crippen molar-refractivity contribution in [1.82, 2.24) is 24.7 Å². The molecule has 1 aliphatic heterocycles. The number of nitrogens with one attached hydrogen (secondary N) is 1. The SMILES string of the molecule is CN(C)[C@@H]1CC[C@H](NC(=O)N2CCc3c(ncn(C)c3=O)C2)C1. The van der Waals surface area contributed by atoms with Crippen molar-refractivity contribution >= 4 is 6.03 Å². The summed E-state index contributed by atoms with van der Waals surface area (Å²) in [5.74, 6) is 0. The summed E-state index contributed by atoms with van der Waals surface area (Å²) in [6.45, 7) is 0.991. The van der Waals surface area contributed by atoms with E-state index in [1.807, 2.05) is 0 Å². The van der Waals surface area contributed by atoms with Crippen LogP contribution in [0.2, 0.25) is 0 Å². The Morgan fingerprint density at radius 2 is 2.17 bits per heavy atom. The van der Waals surface area contributed by atoms with Gasteiger partial charge in [0.1, 0.15) is 0 Å². The van der Waals surface area contributed by atoms with Crippen LogP contribution in [-0.2, 0) is 20.0 Å². The smallest absolute Gasteiger partial charge is 0.317 e. The summed E-state index contributed by atoms with van der Waals surface area (Å²) in [4.78, 5) is 32.9. The van der Waals surface area contributed by atoms with Crippen molar-refractivity contribution in [2.75, 3.05) is 20.6 Å². The molecule has 1 fully saturated rings. The first-order chi connectivity index (χ1) is 11.0. The van der Waals surface area contributed by atoms with Crippen molar-refractivity contribution in [2.45, 2.75) is 44.3 Å². The summed E-state index contributed by atoms with van der Waals surface area (Å²) in [5.41, 5.74) is 1.47. The summed E-state index contributed by atoms with van der Waals surface area (Å²) in [6.07, 6.45) is 5.26. The fourth-order valence-corrected chi connectivity index (χ4v) is 3.51. The molecule has 0 aromatic carbocycles. The maximum absolute atomic E-state index is 12.5. The highest BCUT2D eigenvalue weighted by atomic mass is 16.2. The Balaban J connectivity index is 1.62. The van der Waals surface area contributed by atoms with Crippen LogP contribution in [0.3, 0.4) is 0 Å². The lowest BCUT2D eigenvalue weighted by molar-refractivity contribution is 0.186. The Morgan fingerprint density at radius 3 is 2.87 bits per heavy atom. The third-order valence-electron chi connectivity index (χ3n) is 5.04. The van der Waals surface area contributed by atoms with Gasteiger partial charge in [-0.3, -0.25) is 4.79 Å². The molecule has 2 aliphatic rings. The third kappa shape index (κ3) is 3.24. The van der Waals surface area contributed by atoms with Gasteiger partial charge >= 0.3 is 6.03 Å². The van der Waals surface area contributed by atoms with Gasteiger partial charge < -0.3 is 19.7 Å². The van der Waals surface area contributed by atoms with Crippen LogP contribution in [0.4, 0.5) is 4.79 Å². The van der Waals surface area contributed by atoms with Gasteiger partial charge in [0.15, 0.2) is 0 Å². The molecule has 1 saturated carbocycles. The number of urea groups is 1. The minimum absolute atomic E-state index is 0.000300. The molecule has 2 atom stereocenters. The van der Waals surface area contributed by atoms with Gasteiger partial charge in [-0.05, 0) is 39.8 Å². The molecule has 2 heterocycles. The van der Waals surface area contributed by atoms with Gasteiger partial charge in [0.05, 0.1) is 18.6 Å². The molecule has 1 aromatic rings. The lowest BCUT2D eigenvalue weighted by atomic mass is 10.1. The van der Waals surface area contributed by atoms with E-state index in [0.29, 0.717) is 25.6 Å². The van der Waals surface area contributed by atoms with Gasteiger partial charge in [-0.25, -0.2) is 9.78 Å². The summed E-state index contributed by atoms with van der Waals surface area (Å²) < 4.78 is 1.49. The summed E-state index contributed by atoms with van der Waals surface area (Å²) in [6, 6.07) is 0.752. The monoisotopic (exact) mass is 319 g/mol. The molecule has 7 nitrogen and oxygen atoms in total. The molecule has 1 aliphatic carbocycles. The molecule has 0 saturated heterocycles. The van der Waals surface area contributed by atoms with Crippen LogP contribution in [0, 0.1) is 0 Å². The summed E-state index contributed by atoms with van der Waals surface area (Å²) in [5, 5.41) is 3.14. The van der Waals surface area contributed by atoms with E-state index < -0.39 is 0 Å². The van der Waals surface area contributed by atoms with Crippen molar-refractivity contribution in [3.8, 4) is 0 Å². The standard InChI is InChI=1S/C16H25N5O2/c1-19(2)12-5-4-11(8-12)18-16(23)21-7-6-13-14(9-21)17-10-20(3)15(13)22/h10-12H,4-9H2,1-3H3,(H,18,23)/t11-,12+/m0/s1. The Kier molecular flexibility index (Phi) is 4.39. The van der Waals surface area contributed by atoms with E-state index in [1.165, 1.54) is 10.9 Å². The molecule has 0 spiro atoms. The second kappa shape index (κ2) is 6.31. The third-order valence-corrected chi connectivity index (χ3v) is 5.04. The number of hydrogen-bond acceptors (Lipinski definition) is 4. The first kappa shape index (κ1) is 16.0. The van der Waals surface area contributed by atoms with Gasteiger partial charge in [0.25, 0.3) is 5.56 Å². The van der Waals surface area contributed by atoms with E-state index in [9.17, 15) is 9.59 Å². The number of amides is 2. The Hall–Kier alpha value is -1.89. The summed E-state index contributed by atoms with van der Waals surface area (Å²) >= 11 is 0. The molecular formula is C16H25N5O2. The van der Waals surface area contributed by atoms with Crippen LogP contribution in [0.1, 0.15) is 30.5 Å². The average molecular weight is 319 g/mol. The molecule has 1 aromatic heterocycles. The quantitative estimate of drug-likeness (QED) is 0.853. The van der Waals surface area contributed by atoms with Crippen molar-refractivity contribution in [3.63, 3.8) is 0 Å². The van der Waals surface area contributed by atoms with Gasteiger partial charge in [0, 0.05) is 31.2 Å². The maximum atomic E-state index is 12.5. The van der Waals surface area contributed by atoms with Crippen molar-refractivity contribution in [3.05, 3.63) is 27.9 Å². The molecule has 23 heavy (non-hydrogen) atoms. The molecule has 0 radical (unpaired) electrons. The molecule has 1 N–H and O–H groups in total. The van der Waals surface area contributed by atoms with Crippen LogP contribution < -0.4 is 10.9 Å².